The number of aryl methyl sites for hydroxylation is 3. The van der Waals surface area contributed by atoms with Gasteiger partial charge < -0.3 is 0 Å². The van der Waals surface area contributed by atoms with E-state index in [2.05, 4.69) is 49.1 Å². The van der Waals surface area contributed by atoms with E-state index in [1.165, 1.54) is 23.1 Å². The Morgan fingerprint density at radius 3 is 2.06 bits per heavy atom. The fourth-order valence-electron chi connectivity index (χ4n) is 3.72. The van der Waals surface area contributed by atoms with Crippen molar-refractivity contribution in [1.82, 2.24) is 0 Å². The van der Waals surface area contributed by atoms with E-state index in [1.54, 1.807) is 18.2 Å². The van der Waals surface area contributed by atoms with Gasteiger partial charge >= 0.3 is 0 Å². The summed E-state index contributed by atoms with van der Waals surface area (Å²) in [5.74, 6) is 5.69. The lowest BCUT2D eigenvalue weighted by atomic mass is 9.98. The fraction of sp³-hybridized carbons (Fsp3) is 0.172. The third-order valence-electron chi connectivity index (χ3n) is 5.47. The first-order chi connectivity index (χ1) is 15.1. The Morgan fingerprint density at radius 2 is 1.35 bits per heavy atom. The molecule has 0 unspecified atom stereocenters. The molecule has 0 aliphatic heterocycles. The third kappa shape index (κ3) is 5.35. The Balaban J connectivity index is 1.49. The molecule has 0 aliphatic carbocycles. The predicted octanol–water partition coefficient (Wildman–Crippen LogP) is 7.77. The van der Waals surface area contributed by atoms with E-state index in [4.69, 9.17) is 11.6 Å². The maximum Gasteiger partial charge on any atom is 0.146 e. The standard InChI is InChI=1S/C29H24ClF/c1-2-3-21-4-6-22(7-5-21)8-9-24-13-19-28-26(20-24)16-15-25(29(28)31)14-10-23-11-17-27(30)18-12-23/h4-7,11-13,15-20H,2-3,8-9H2,1H3. The zero-order valence-corrected chi connectivity index (χ0v) is 18.3. The maximum absolute atomic E-state index is 15.0. The van der Waals surface area contributed by atoms with Crippen LogP contribution in [0.5, 0.6) is 0 Å². The van der Waals surface area contributed by atoms with Crippen LogP contribution in [0.15, 0.2) is 78.9 Å². The largest absolute Gasteiger partial charge is 0.205 e. The van der Waals surface area contributed by atoms with Gasteiger partial charge in [0.25, 0.3) is 0 Å². The molecule has 31 heavy (non-hydrogen) atoms. The summed E-state index contributed by atoms with van der Waals surface area (Å²) in [6, 6.07) is 25.8. The highest BCUT2D eigenvalue weighted by molar-refractivity contribution is 6.30. The second-order valence-electron chi connectivity index (χ2n) is 7.81. The van der Waals surface area contributed by atoms with Crippen molar-refractivity contribution in [3.05, 3.63) is 118 Å². The van der Waals surface area contributed by atoms with Gasteiger partial charge in [0.05, 0.1) is 5.56 Å². The van der Waals surface area contributed by atoms with Gasteiger partial charge in [0, 0.05) is 16.0 Å². The molecular weight excluding hydrogens is 403 g/mol. The molecule has 0 atom stereocenters. The molecule has 0 amide bonds. The van der Waals surface area contributed by atoms with Gasteiger partial charge in [-0.15, -0.1) is 0 Å². The van der Waals surface area contributed by atoms with Crippen molar-refractivity contribution >= 4 is 22.4 Å². The quantitative estimate of drug-likeness (QED) is 0.286. The smallest absolute Gasteiger partial charge is 0.146 e. The van der Waals surface area contributed by atoms with Gasteiger partial charge in [-0.25, -0.2) is 4.39 Å². The summed E-state index contributed by atoms with van der Waals surface area (Å²) in [6.07, 6.45) is 4.21. The van der Waals surface area contributed by atoms with Gasteiger partial charge in [-0.2, -0.15) is 0 Å². The van der Waals surface area contributed by atoms with Crippen LogP contribution in [0.25, 0.3) is 10.8 Å². The molecule has 0 heterocycles. The fourth-order valence-corrected chi connectivity index (χ4v) is 3.84. The monoisotopic (exact) mass is 426 g/mol. The zero-order valence-electron chi connectivity index (χ0n) is 17.6. The minimum absolute atomic E-state index is 0.267. The van der Waals surface area contributed by atoms with Crippen LogP contribution < -0.4 is 0 Å². The number of rotatable bonds is 5. The summed E-state index contributed by atoms with van der Waals surface area (Å²) in [5.41, 5.74) is 5.15. The molecule has 0 radical (unpaired) electrons. The Labute approximate surface area is 188 Å². The van der Waals surface area contributed by atoms with Crippen LogP contribution in [0.1, 0.15) is 41.2 Å². The van der Waals surface area contributed by atoms with Crippen LogP contribution in [0.3, 0.4) is 0 Å². The van der Waals surface area contributed by atoms with Crippen molar-refractivity contribution < 1.29 is 4.39 Å². The second kappa shape index (κ2) is 9.82. The van der Waals surface area contributed by atoms with Gasteiger partial charge in [-0.1, -0.05) is 85.3 Å². The average Bonchev–Trinajstić information content (AvgIpc) is 2.79. The number of hydrogen-bond donors (Lipinski definition) is 0. The van der Waals surface area contributed by atoms with E-state index >= 15 is 0 Å². The molecule has 0 aliphatic rings. The summed E-state index contributed by atoms with van der Waals surface area (Å²) in [5, 5.41) is 2.17. The second-order valence-corrected chi connectivity index (χ2v) is 8.24. The van der Waals surface area contributed by atoms with Gasteiger partial charge in [0.1, 0.15) is 5.82 Å². The lowest BCUT2D eigenvalue weighted by Crippen LogP contribution is -1.93. The summed E-state index contributed by atoms with van der Waals surface area (Å²) in [6.45, 7) is 2.20. The van der Waals surface area contributed by atoms with Crippen LogP contribution >= 0.6 is 11.6 Å². The lowest BCUT2D eigenvalue weighted by molar-refractivity contribution is 0.636. The Bertz CT molecular complexity index is 1240. The number of benzene rings is 4. The highest BCUT2D eigenvalue weighted by atomic mass is 35.5. The van der Waals surface area contributed by atoms with Crippen molar-refractivity contribution in [3.8, 4) is 11.8 Å². The van der Waals surface area contributed by atoms with E-state index < -0.39 is 0 Å². The molecule has 0 fully saturated rings. The van der Waals surface area contributed by atoms with E-state index in [-0.39, 0.29) is 5.82 Å². The van der Waals surface area contributed by atoms with Crippen LogP contribution in [0.2, 0.25) is 5.02 Å². The Hall–Kier alpha value is -3.08. The van der Waals surface area contributed by atoms with Crippen LogP contribution in [-0.2, 0) is 19.3 Å². The van der Waals surface area contributed by atoms with Crippen LogP contribution in [-0.4, -0.2) is 0 Å². The molecule has 0 N–H and O–H groups in total. The summed E-state index contributed by atoms with van der Waals surface area (Å²) < 4.78 is 15.0. The molecule has 4 aromatic carbocycles. The summed E-state index contributed by atoms with van der Waals surface area (Å²) in [7, 11) is 0. The van der Waals surface area contributed by atoms with E-state index in [0.717, 1.165) is 30.2 Å². The first kappa shape index (κ1) is 21.2. The Kier molecular flexibility index (Phi) is 6.70. The normalized spacial score (nSPS) is 10.7. The lowest BCUT2D eigenvalue weighted by Gasteiger charge is -2.07. The molecule has 154 valence electrons. The highest BCUT2D eigenvalue weighted by Gasteiger charge is 2.07. The van der Waals surface area contributed by atoms with E-state index in [1.807, 2.05) is 30.3 Å². The molecule has 2 heteroatoms. The van der Waals surface area contributed by atoms with Gasteiger partial charge in [-0.3, -0.25) is 0 Å². The SMILES string of the molecule is CCCc1ccc(CCc2ccc3c(F)c(C#Cc4ccc(Cl)cc4)ccc3c2)cc1. The van der Waals surface area contributed by atoms with Gasteiger partial charge in [-0.05, 0) is 71.7 Å². The van der Waals surface area contributed by atoms with Crippen LogP contribution in [0, 0.1) is 17.7 Å². The zero-order chi connectivity index (χ0) is 21.6. The van der Waals surface area contributed by atoms with E-state index in [0.29, 0.717) is 16.0 Å². The van der Waals surface area contributed by atoms with Gasteiger partial charge in [0.2, 0.25) is 0 Å². The molecule has 0 saturated carbocycles. The summed E-state index contributed by atoms with van der Waals surface area (Å²) in [4.78, 5) is 0. The average molecular weight is 427 g/mol. The molecule has 0 aromatic heterocycles. The summed E-state index contributed by atoms with van der Waals surface area (Å²) >= 11 is 5.90. The van der Waals surface area contributed by atoms with Crippen molar-refractivity contribution in [3.63, 3.8) is 0 Å². The minimum Gasteiger partial charge on any atom is -0.205 e. The molecule has 0 spiro atoms. The van der Waals surface area contributed by atoms with Crippen molar-refractivity contribution in [2.45, 2.75) is 32.6 Å². The van der Waals surface area contributed by atoms with Crippen molar-refractivity contribution in [1.29, 1.82) is 0 Å². The molecular formula is C29H24ClF. The number of fused-ring (bicyclic) bond motifs is 1. The molecule has 0 bridgehead atoms. The highest BCUT2D eigenvalue weighted by Crippen LogP contribution is 2.23. The molecule has 0 nitrogen and oxygen atoms in total. The topological polar surface area (TPSA) is 0 Å². The number of hydrogen-bond acceptors (Lipinski definition) is 0. The molecule has 0 saturated heterocycles. The third-order valence-corrected chi connectivity index (χ3v) is 5.72. The Morgan fingerprint density at radius 1 is 0.710 bits per heavy atom. The molecule has 4 aromatic rings. The predicted molar refractivity (Wildman–Crippen MR) is 129 cm³/mol. The van der Waals surface area contributed by atoms with Crippen molar-refractivity contribution in [2.75, 3.05) is 0 Å². The minimum atomic E-state index is -0.267. The van der Waals surface area contributed by atoms with E-state index in [9.17, 15) is 4.39 Å². The molecule has 4 rings (SSSR count). The first-order valence-electron chi connectivity index (χ1n) is 10.7. The van der Waals surface area contributed by atoms with Crippen LogP contribution in [0.4, 0.5) is 4.39 Å². The maximum atomic E-state index is 15.0. The van der Waals surface area contributed by atoms with Crippen molar-refractivity contribution in [2.24, 2.45) is 0 Å². The number of halogens is 2. The first-order valence-corrected chi connectivity index (χ1v) is 11.1. The van der Waals surface area contributed by atoms with Gasteiger partial charge in [0.15, 0.2) is 0 Å².